The largest absolute Gasteiger partial charge is 0.376 e. The summed E-state index contributed by atoms with van der Waals surface area (Å²) in [4.78, 5) is 11.1. The Morgan fingerprint density at radius 2 is 2.26 bits per heavy atom. The molecule has 9 heteroatoms. The van der Waals surface area contributed by atoms with Crippen LogP contribution in [0.25, 0.3) is 0 Å². The predicted molar refractivity (Wildman–Crippen MR) is 97.1 cm³/mol. The van der Waals surface area contributed by atoms with Crippen molar-refractivity contribution in [3.05, 3.63) is 41.2 Å². The Kier molecular flexibility index (Phi) is 6.43. The van der Waals surface area contributed by atoms with Crippen molar-refractivity contribution < 1.29 is 18.3 Å². The highest BCUT2D eigenvalue weighted by Crippen LogP contribution is 2.36. The number of nitrogens with zero attached hydrogens (tertiary/aromatic N) is 3. The van der Waals surface area contributed by atoms with Crippen LogP contribution in [0.15, 0.2) is 23.4 Å². The van der Waals surface area contributed by atoms with Crippen molar-refractivity contribution >= 4 is 17.7 Å². The number of benzene rings is 1. The summed E-state index contributed by atoms with van der Waals surface area (Å²) in [5.41, 5.74) is 5.51. The number of carbonyl (C=O) groups is 1. The molecule has 1 fully saturated rings. The summed E-state index contributed by atoms with van der Waals surface area (Å²) >= 11 is 1.30. The van der Waals surface area contributed by atoms with E-state index in [1.165, 1.54) is 17.8 Å². The molecule has 1 aromatic carbocycles. The first kappa shape index (κ1) is 19.8. The molecule has 1 saturated heterocycles. The standard InChI is InChI=1S/C18H22F2N4O2S/c1-11(14-9-12(19)4-5-15(14)20)27-18-23-22-17(7-6-16(21)25)24(18)10-13-3-2-8-26-13/h4-5,9,11,13H,2-3,6-8,10H2,1H3,(H2,21,25)/t11-,13-/m1/s1. The zero-order valence-corrected chi connectivity index (χ0v) is 15.8. The number of rotatable bonds is 8. The second kappa shape index (κ2) is 8.79. The molecule has 1 amide bonds. The monoisotopic (exact) mass is 396 g/mol. The van der Waals surface area contributed by atoms with Crippen LogP contribution >= 0.6 is 11.8 Å². The van der Waals surface area contributed by atoms with Crippen molar-refractivity contribution in [1.82, 2.24) is 14.8 Å². The van der Waals surface area contributed by atoms with Gasteiger partial charge < -0.3 is 15.0 Å². The Morgan fingerprint density at radius 1 is 1.44 bits per heavy atom. The zero-order chi connectivity index (χ0) is 19.4. The van der Waals surface area contributed by atoms with Crippen LogP contribution in [0, 0.1) is 11.6 Å². The molecule has 2 N–H and O–H groups in total. The molecule has 146 valence electrons. The normalized spacial score (nSPS) is 18.0. The number of aryl methyl sites for hydroxylation is 1. The molecule has 0 radical (unpaired) electrons. The van der Waals surface area contributed by atoms with Gasteiger partial charge in [0.1, 0.15) is 17.5 Å². The Bertz CT molecular complexity index is 809. The quantitative estimate of drug-likeness (QED) is 0.694. The maximum Gasteiger partial charge on any atom is 0.217 e. The van der Waals surface area contributed by atoms with Crippen molar-refractivity contribution in [2.24, 2.45) is 5.73 Å². The molecular weight excluding hydrogens is 374 g/mol. The summed E-state index contributed by atoms with van der Waals surface area (Å²) in [5.74, 6) is -0.720. The van der Waals surface area contributed by atoms with Gasteiger partial charge in [0.25, 0.3) is 0 Å². The third-order valence-corrected chi connectivity index (χ3v) is 5.60. The molecule has 2 heterocycles. The summed E-state index contributed by atoms with van der Waals surface area (Å²) in [6.45, 7) is 3.06. The van der Waals surface area contributed by atoms with Gasteiger partial charge in [-0.15, -0.1) is 10.2 Å². The van der Waals surface area contributed by atoms with Crippen LogP contribution in [-0.2, 0) is 22.5 Å². The van der Waals surface area contributed by atoms with Gasteiger partial charge in [0.05, 0.1) is 12.6 Å². The minimum absolute atomic E-state index is 0.0499. The van der Waals surface area contributed by atoms with E-state index in [-0.39, 0.29) is 23.3 Å². The van der Waals surface area contributed by atoms with E-state index in [0.717, 1.165) is 31.6 Å². The van der Waals surface area contributed by atoms with Crippen LogP contribution in [0.1, 0.15) is 42.8 Å². The van der Waals surface area contributed by atoms with Gasteiger partial charge in [-0.05, 0) is 38.0 Å². The first-order chi connectivity index (χ1) is 12.9. The fourth-order valence-electron chi connectivity index (χ4n) is 3.05. The lowest BCUT2D eigenvalue weighted by atomic mass is 10.1. The van der Waals surface area contributed by atoms with Crippen LogP contribution < -0.4 is 5.73 Å². The fraction of sp³-hybridized carbons (Fsp3) is 0.500. The second-order valence-electron chi connectivity index (χ2n) is 6.54. The second-order valence-corrected chi connectivity index (χ2v) is 7.84. The number of amides is 1. The minimum Gasteiger partial charge on any atom is -0.376 e. The lowest BCUT2D eigenvalue weighted by Gasteiger charge is -2.17. The summed E-state index contributed by atoms with van der Waals surface area (Å²) in [5, 5.41) is 8.60. The van der Waals surface area contributed by atoms with E-state index in [4.69, 9.17) is 10.5 Å². The van der Waals surface area contributed by atoms with Crippen molar-refractivity contribution in [2.75, 3.05) is 6.61 Å². The van der Waals surface area contributed by atoms with E-state index in [1.54, 1.807) is 6.92 Å². The molecule has 0 aliphatic carbocycles. The average molecular weight is 396 g/mol. The Labute approximate surface area is 160 Å². The Hall–Kier alpha value is -2.00. The number of aromatic nitrogens is 3. The molecular formula is C18H22F2N4O2S. The molecule has 1 aliphatic rings. The van der Waals surface area contributed by atoms with Crippen molar-refractivity contribution in [1.29, 1.82) is 0 Å². The summed E-state index contributed by atoms with van der Waals surface area (Å²) in [6, 6.07) is 3.41. The highest BCUT2D eigenvalue weighted by molar-refractivity contribution is 7.99. The molecule has 0 saturated carbocycles. The van der Waals surface area contributed by atoms with E-state index in [1.807, 2.05) is 4.57 Å². The third-order valence-electron chi connectivity index (χ3n) is 4.48. The lowest BCUT2D eigenvalue weighted by molar-refractivity contribution is -0.118. The fourth-order valence-corrected chi connectivity index (χ4v) is 4.07. The lowest BCUT2D eigenvalue weighted by Crippen LogP contribution is -2.19. The predicted octanol–water partition coefficient (Wildman–Crippen LogP) is 3.01. The van der Waals surface area contributed by atoms with Gasteiger partial charge in [0.2, 0.25) is 5.91 Å². The van der Waals surface area contributed by atoms with E-state index in [9.17, 15) is 13.6 Å². The molecule has 0 bridgehead atoms. The first-order valence-corrected chi connectivity index (χ1v) is 9.75. The van der Waals surface area contributed by atoms with E-state index in [2.05, 4.69) is 10.2 Å². The summed E-state index contributed by atoms with van der Waals surface area (Å²) in [7, 11) is 0. The minimum atomic E-state index is -0.484. The SMILES string of the molecule is C[C@@H](Sc1nnc(CCC(N)=O)n1C[C@H]1CCCO1)c1cc(F)ccc1F. The number of hydrogen-bond acceptors (Lipinski definition) is 5. The van der Waals surface area contributed by atoms with Crippen LogP contribution in [0.2, 0.25) is 0 Å². The van der Waals surface area contributed by atoms with Crippen LogP contribution in [0.4, 0.5) is 8.78 Å². The van der Waals surface area contributed by atoms with Crippen molar-refractivity contribution in [3.8, 4) is 0 Å². The van der Waals surface area contributed by atoms with E-state index >= 15 is 0 Å². The number of halogens is 2. The molecule has 0 unspecified atom stereocenters. The van der Waals surface area contributed by atoms with Gasteiger partial charge in [-0.1, -0.05) is 11.8 Å². The van der Waals surface area contributed by atoms with Gasteiger partial charge in [-0.2, -0.15) is 0 Å². The Morgan fingerprint density at radius 3 is 2.96 bits per heavy atom. The number of primary amides is 1. The van der Waals surface area contributed by atoms with Crippen molar-refractivity contribution in [2.45, 2.75) is 55.7 Å². The average Bonchev–Trinajstić information content (AvgIpc) is 3.26. The van der Waals surface area contributed by atoms with Gasteiger partial charge in [0, 0.05) is 30.3 Å². The zero-order valence-electron chi connectivity index (χ0n) is 15.0. The van der Waals surface area contributed by atoms with Gasteiger partial charge in [-0.3, -0.25) is 4.79 Å². The van der Waals surface area contributed by atoms with E-state index < -0.39 is 17.5 Å². The number of ether oxygens (including phenoxy) is 1. The third kappa shape index (κ3) is 5.04. The van der Waals surface area contributed by atoms with Crippen LogP contribution in [0.5, 0.6) is 0 Å². The summed E-state index contributed by atoms with van der Waals surface area (Å²) < 4.78 is 35.2. The van der Waals surface area contributed by atoms with Crippen LogP contribution in [0.3, 0.4) is 0 Å². The molecule has 6 nitrogen and oxygen atoms in total. The Balaban J connectivity index is 1.82. The molecule has 1 aliphatic heterocycles. The first-order valence-electron chi connectivity index (χ1n) is 8.87. The molecule has 27 heavy (non-hydrogen) atoms. The number of carbonyl (C=O) groups excluding carboxylic acids is 1. The van der Waals surface area contributed by atoms with Crippen LogP contribution in [-0.4, -0.2) is 33.4 Å². The number of hydrogen-bond donors (Lipinski definition) is 1. The van der Waals surface area contributed by atoms with Crippen molar-refractivity contribution in [3.63, 3.8) is 0 Å². The smallest absolute Gasteiger partial charge is 0.217 e. The molecule has 0 spiro atoms. The highest BCUT2D eigenvalue weighted by atomic mass is 32.2. The summed E-state index contributed by atoms with van der Waals surface area (Å²) in [6.07, 6.45) is 2.53. The van der Waals surface area contributed by atoms with Gasteiger partial charge >= 0.3 is 0 Å². The molecule has 2 atom stereocenters. The maximum absolute atomic E-state index is 14.1. The number of thioether (sulfide) groups is 1. The maximum atomic E-state index is 14.1. The van der Waals surface area contributed by atoms with Gasteiger partial charge in [0.15, 0.2) is 5.16 Å². The molecule has 3 rings (SSSR count). The van der Waals surface area contributed by atoms with E-state index in [0.29, 0.717) is 23.9 Å². The molecule has 2 aromatic rings. The van der Waals surface area contributed by atoms with Gasteiger partial charge in [-0.25, -0.2) is 8.78 Å². The molecule has 1 aromatic heterocycles. The topological polar surface area (TPSA) is 83.0 Å². The number of nitrogens with two attached hydrogens (primary N) is 1. The highest BCUT2D eigenvalue weighted by Gasteiger charge is 2.23.